The lowest BCUT2D eigenvalue weighted by Crippen LogP contribution is -2.23. The standard InChI is InChI=1S/C15H14N2O/c18-15(11-4-3-8-16-10-11)13-7-9-17-14-6-2-1-5-12(13)14/h1-6,8,10,13,17H,7,9H2. The van der Waals surface area contributed by atoms with E-state index in [1.54, 1.807) is 18.5 Å². The predicted octanol–water partition coefficient (Wildman–Crippen LogP) is 2.86. The molecule has 1 aliphatic rings. The van der Waals surface area contributed by atoms with Crippen LogP contribution in [0.1, 0.15) is 28.3 Å². The summed E-state index contributed by atoms with van der Waals surface area (Å²) in [6.45, 7) is 0.841. The topological polar surface area (TPSA) is 42.0 Å². The number of nitrogens with zero attached hydrogens (tertiary/aromatic N) is 1. The van der Waals surface area contributed by atoms with E-state index in [0.717, 1.165) is 24.2 Å². The van der Waals surface area contributed by atoms with Gasteiger partial charge >= 0.3 is 0 Å². The zero-order valence-corrected chi connectivity index (χ0v) is 9.97. The first-order valence-corrected chi connectivity index (χ1v) is 6.13. The lowest BCUT2D eigenvalue weighted by Gasteiger charge is -2.25. The molecule has 2 heterocycles. The van der Waals surface area contributed by atoms with Crippen LogP contribution < -0.4 is 5.32 Å². The normalized spacial score (nSPS) is 17.7. The first-order valence-electron chi connectivity index (χ1n) is 6.13. The third-order valence-corrected chi connectivity index (χ3v) is 3.35. The summed E-state index contributed by atoms with van der Waals surface area (Å²) in [7, 11) is 0. The summed E-state index contributed by atoms with van der Waals surface area (Å²) in [4.78, 5) is 16.5. The SMILES string of the molecule is O=C(c1cccnc1)C1CCNc2ccccc21. The molecule has 90 valence electrons. The molecule has 1 unspecified atom stereocenters. The second-order valence-corrected chi connectivity index (χ2v) is 4.46. The van der Waals surface area contributed by atoms with Crippen LogP contribution in [0.25, 0.3) is 0 Å². The summed E-state index contributed by atoms with van der Waals surface area (Å²) in [5, 5.41) is 3.33. The largest absolute Gasteiger partial charge is 0.385 e. The minimum Gasteiger partial charge on any atom is -0.385 e. The van der Waals surface area contributed by atoms with E-state index < -0.39 is 0 Å². The van der Waals surface area contributed by atoms with Crippen molar-refractivity contribution in [2.75, 3.05) is 11.9 Å². The molecule has 0 saturated carbocycles. The highest BCUT2D eigenvalue weighted by molar-refractivity contribution is 6.01. The number of benzene rings is 1. The number of rotatable bonds is 2. The number of hydrogen-bond donors (Lipinski definition) is 1. The molecule has 1 aliphatic heterocycles. The van der Waals surface area contributed by atoms with E-state index in [9.17, 15) is 4.79 Å². The minimum absolute atomic E-state index is 0.0494. The van der Waals surface area contributed by atoms with Crippen LogP contribution in [0.5, 0.6) is 0 Å². The van der Waals surface area contributed by atoms with Gasteiger partial charge in [-0.05, 0) is 30.2 Å². The monoisotopic (exact) mass is 238 g/mol. The molecule has 0 bridgehead atoms. The van der Waals surface area contributed by atoms with E-state index in [1.807, 2.05) is 30.3 Å². The quantitative estimate of drug-likeness (QED) is 0.818. The van der Waals surface area contributed by atoms with Crippen LogP contribution in [0.3, 0.4) is 0 Å². The van der Waals surface area contributed by atoms with E-state index in [2.05, 4.69) is 10.3 Å². The van der Waals surface area contributed by atoms with Crippen molar-refractivity contribution in [3.8, 4) is 0 Å². The van der Waals surface area contributed by atoms with Gasteiger partial charge in [0.2, 0.25) is 0 Å². The zero-order chi connectivity index (χ0) is 12.4. The molecule has 0 saturated heterocycles. The number of carbonyl (C=O) groups excluding carboxylic acids is 1. The molecular formula is C15H14N2O. The third-order valence-electron chi connectivity index (χ3n) is 3.35. The molecule has 0 radical (unpaired) electrons. The molecule has 1 N–H and O–H groups in total. The smallest absolute Gasteiger partial charge is 0.172 e. The van der Waals surface area contributed by atoms with Crippen LogP contribution in [0.4, 0.5) is 5.69 Å². The summed E-state index contributed by atoms with van der Waals surface area (Å²) >= 11 is 0. The molecule has 18 heavy (non-hydrogen) atoms. The van der Waals surface area contributed by atoms with Gasteiger partial charge in [0.05, 0.1) is 5.92 Å². The summed E-state index contributed by atoms with van der Waals surface area (Å²) in [5.41, 5.74) is 2.86. The van der Waals surface area contributed by atoms with Gasteiger partial charge in [0, 0.05) is 30.2 Å². The molecule has 3 heteroatoms. The number of Topliss-reactive ketones (excluding diaryl/α,β-unsaturated/α-hetero) is 1. The lowest BCUT2D eigenvalue weighted by molar-refractivity contribution is 0.0955. The number of ketones is 1. The fourth-order valence-electron chi connectivity index (χ4n) is 2.45. The highest BCUT2D eigenvalue weighted by Crippen LogP contribution is 2.33. The number of hydrogen-bond acceptors (Lipinski definition) is 3. The first kappa shape index (κ1) is 11.0. The van der Waals surface area contributed by atoms with Crippen LogP contribution in [-0.2, 0) is 0 Å². The van der Waals surface area contributed by atoms with Crippen molar-refractivity contribution in [2.24, 2.45) is 0 Å². The van der Waals surface area contributed by atoms with E-state index in [-0.39, 0.29) is 11.7 Å². The van der Waals surface area contributed by atoms with Gasteiger partial charge in [-0.15, -0.1) is 0 Å². The lowest BCUT2D eigenvalue weighted by atomic mass is 9.85. The number of anilines is 1. The summed E-state index contributed by atoms with van der Waals surface area (Å²) in [5.74, 6) is 0.115. The van der Waals surface area contributed by atoms with Gasteiger partial charge in [-0.3, -0.25) is 9.78 Å². The molecule has 0 aliphatic carbocycles. The van der Waals surface area contributed by atoms with Crippen molar-refractivity contribution < 1.29 is 4.79 Å². The fourth-order valence-corrected chi connectivity index (χ4v) is 2.45. The van der Waals surface area contributed by atoms with E-state index in [4.69, 9.17) is 0 Å². The van der Waals surface area contributed by atoms with Crippen molar-refractivity contribution in [1.29, 1.82) is 0 Å². The summed E-state index contributed by atoms with van der Waals surface area (Å²) in [6.07, 6.45) is 4.17. The summed E-state index contributed by atoms with van der Waals surface area (Å²) in [6, 6.07) is 11.7. The van der Waals surface area contributed by atoms with E-state index in [0.29, 0.717) is 5.56 Å². The van der Waals surface area contributed by atoms with Crippen LogP contribution in [0, 0.1) is 0 Å². The molecule has 1 atom stereocenters. The van der Waals surface area contributed by atoms with Gasteiger partial charge in [0.15, 0.2) is 5.78 Å². The minimum atomic E-state index is -0.0494. The molecule has 1 aromatic carbocycles. The maximum absolute atomic E-state index is 12.5. The Kier molecular flexibility index (Phi) is 2.81. The van der Waals surface area contributed by atoms with Gasteiger partial charge in [-0.2, -0.15) is 0 Å². The number of pyridine rings is 1. The highest BCUT2D eigenvalue weighted by Gasteiger charge is 2.26. The third kappa shape index (κ3) is 1.88. The molecule has 3 rings (SSSR count). The predicted molar refractivity (Wildman–Crippen MR) is 70.9 cm³/mol. The van der Waals surface area contributed by atoms with Crippen LogP contribution >= 0.6 is 0 Å². The Labute approximate surface area is 106 Å². The second-order valence-electron chi connectivity index (χ2n) is 4.46. The molecule has 0 fully saturated rings. The van der Waals surface area contributed by atoms with Crippen molar-refractivity contribution in [1.82, 2.24) is 4.98 Å². The molecule has 0 amide bonds. The van der Waals surface area contributed by atoms with Crippen molar-refractivity contribution in [3.63, 3.8) is 0 Å². The van der Waals surface area contributed by atoms with Crippen LogP contribution in [0.2, 0.25) is 0 Å². The molecular weight excluding hydrogens is 224 g/mol. The molecule has 3 nitrogen and oxygen atoms in total. The maximum atomic E-state index is 12.5. The number of aromatic nitrogens is 1. The average Bonchev–Trinajstić information content (AvgIpc) is 2.47. The Hall–Kier alpha value is -2.16. The van der Waals surface area contributed by atoms with Crippen LogP contribution in [0.15, 0.2) is 48.8 Å². The van der Waals surface area contributed by atoms with Crippen molar-refractivity contribution in [3.05, 3.63) is 59.9 Å². The molecule has 1 aromatic heterocycles. The number of fused-ring (bicyclic) bond motifs is 1. The Morgan fingerprint density at radius 2 is 2.11 bits per heavy atom. The van der Waals surface area contributed by atoms with Crippen molar-refractivity contribution in [2.45, 2.75) is 12.3 Å². The van der Waals surface area contributed by atoms with Gasteiger partial charge in [0.25, 0.3) is 0 Å². The second kappa shape index (κ2) is 4.61. The van der Waals surface area contributed by atoms with Gasteiger partial charge in [-0.1, -0.05) is 18.2 Å². The van der Waals surface area contributed by atoms with E-state index >= 15 is 0 Å². The highest BCUT2D eigenvalue weighted by atomic mass is 16.1. The van der Waals surface area contributed by atoms with Crippen LogP contribution in [-0.4, -0.2) is 17.3 Å². The number of para-hydroxylation sites is 1. The number of carbonyl (C=O) groups is 1. The summed E-state index contributed by atoms with van der Waals surface area (Å²) < 4.78 is 0. The molecule has 2 aromatic rings. The Morgan fingerprint density at radius 1 is 1.22 bits per heavy atom. The molecule has 0 spiro atoms. The van der Waals surface area contributed by atoms with Crippen molar-refractivity contribution >= 4 is 11.5 Å². The van der Waals surface area contributed by atoms with Gasteiger partial charge < -0.3 is 5.32 Å². The fraction of sp³-hybridized carbons (Fsp3) is 0.200. The average molecular weight is 238 g/mol. The Morgan fingerprint density at radius 3 is 2.94 bits per heavy atom. The zero-order valence-electron chi connectivity index (χ0n) is 9.97. The number of nitrogens with one attached hydrogen (secondary N) is 1. The van der Waals surface area contributed by atoms with Gasteiger partial charge in [-0.25, -0.2) is 0 Å². The Bertz CT molecular complexity index is 566. The van der Waals surface area contributed by atoms with E-state index in [1.165, 1.54) is 0 Å². The maximum Gasteiger partial charge on any atom is 0.172 e. The Balaban J connectivity index is 1.97. The first-order chi connectivity index (χ1) is 8.86. The van der Waals surface area contributed by atoms with Gasteiger partial charge in [0.1, 0.15) is 0 Å².